The van der Waals surface area contributed by atoms with Crippen molar-refractivity contribution in [1.29, 1.82) is 0 Å². The van der Waals surface area contributed by atoms with Crippen molar-refractivity contribution < 1.29 is 24.2 Å². The third-order valence-electron chi connectivity index (χ3n) is 5.47. The number of nitrogens with one attached hydrogen (secondary N) is 1. The summed E-state index contributed by atoms with van der Waals surface area (Å²) >= 11 is 0. The highest BCUT2D eigenvalue weighted by Crippen LogP contribution is 2.39. The van der Waals surface area contributed by atoms with E-state index in [0.29, 0.717) is 27.2 Å². The highest BCUT2D eigenvalue weighted by atomic mass is 16.5. The van der Waals surface area contributed by atoms with Crippen LogP contribution in [0.15, 0.2) is 93.0 Å². The van der Waals surface area contributed by atoms with Crippen molar-refractivity contribution in [1.82, 2.24) is 0 Å². The number of carbonyl (C=O) groups is 3. The maximum atomic E-state index is 13.1. The Morgan fingerprint density at radius 2 is 1.64 bits per heavy atom. The molecule has 0 radical (unpaired) electrons. The maximum absolute atomic E-state index is 13.1. The molecule has 10 heteroatoms. The zero-order valence-corrected chi connectivity index (χ0v) is 18.8. The Hall–Kier alpha value is -5.25. The second-order valence-corrected chi connectivity index (χ2v) is 7.72. The fourth-order valence-electron chi connectivity index (χ4n) is 3.75. The fourth-order valence-corrected chi connectivity index (χ4v) is 3.75. The van der Waals surface area contributed by atoms with Crippen molar-refractivity contribution in [2.45, 2.75) is 0 Å². The van der Waals surface area contributed by atoms with Crippen molar-refractivity contribution in [2.24, 2.45) is 20.2 Å². The number of azo groups is 1. The second-order valence-electron chi connectivity index (χ2n) is 7.72. The molecule has 36 heavy (non-hydrogen) atoms. The number of benzene rings is 4. The molecule has 1 aliphatic rings. The lowest BCUT2D eigenvalue weighted by Crippen LogP contribution is -2.23. The SMILES string of the molecule is COC(=O)c1ccccc1N=Nc1c(O)c(C(=O)Nc2ccc3c(c2)=NC(=O)N=3)cc2ccccc12. The first-order valence-corrected chi connectivity index (χ1v) is 10.7. The minimum atomic E-state index is -0.607. The van der Waals surface area contributed by atoms with Crippen LogP contribution in [0.25, 0.3) is 10.8 Å². The smallest absolute Gasteiger partial charge is 0.368 e. The fraction of sp³-hybridized carbons (Fsp3) is 0.0385. The molecule has 0 saturated heterocycles. The van der Waals surface area contributed by atoms with Crippen molar-refractivity contribution in [3.05, 3.63) is 94.6 Å². The molecule has 10 nitrogen and oxygen atoms in total. The van der Waals surface area contributed by atoms with Gasteiger partial charge in [-0.3, -0.25) is 4.79 Å². The normalized spacial score (nSPS) is 12.2. The Morgan fingerprint density at radius 1 is 0.889 bits per heavy atom. The van der Waals surface area contributed by atoms with Crippen molar-refractivity contribution in [3.8, 4) is 5.75 Å². The first kappa shape index (κ1) is 22.5. The molecule has 0 saturated carbocycles. The Bertz CT molecular complexity index is 1730. The molecule has 3 amide bonds. The van der Waals surface area contributed by atoms with E-state index in [1.807, 2.05) is 0 Å². The molecule has 1 aliphatic heterocycles. The number of urea groups is 1. The van der Waals surface area contributed by atoms with Crippen molar-refractivity contribution in [2.75, 3.05) is 12.4 Å². The van der Waals surface area contributed by atoms with Crippen LogP contribution >= 0.6 is 0 Å². The zero-order chi connectivity index (χ0) is 25.2. The number of fused-ring (bicyclic) bond motifs is 2. The molecule has 0 aliphatic carbocycles. The molecule has 1 heterocycles. The average Bonchev–Trinajstić information content (AvgIpc) is 3.26. The lowest BCUT2D eigenvalue weighted by molar-refractivity contribution is 0.0601. The number of aromatic hydroxyl groups is 1. The number of carbonyl (C=O) groups excluding carboxylic acids is 3. The molecule has 0 bridgehead atoms. The van der Waals surface area contributed by atoms with E-state index in [1.165, 1.54) is 19.2 Å². The Kier molecular flexibility index (Phi) is 5.75. The molecule has 4 aromatic rings. The highest BCUT2D eigenvalue weighted by Gasteiger charge is 2.19. The summed E-state index contributed by atoms with van der Waals surface area (Å²) in [7, 11) is 1.26. The second kappa shape index (κ2) is 9.18. The summed E-state index contributed by atoms with van der Waals surface area (Å²) in [6.07, 6.45) is 0. The summed E-state index contributed by atoms with van der Waals surface area (Å²) in [5.74, 6) is -1.57. The van der Waals surface area contributed by atoms with Gasteiger partial charge in [0.05, 0.1) is 29.0 Å². The van der Waals surface area contributed by atoms with Crippen LogP contribution in [0.5, 0.6) is 5.75 Å². The number of hydrogen-bond acceptors (Lipinski definition) is 7. The lowest BCUT2D eigenvalue weighted by Gasteiger charge is -2.11. The van der Waals surface area contributed by atoms with E-state index in [1.54, 1.807) is 60.7 Å². The molecule has 4 aromatic carbocycles. The largest absolute Gasteiger partial charge is 0.505 e. The summed E-state index contributed by atoms with van der Waals surface area (Å²) in [6, 6.07) is 19.1. The molecule has 5 rings (SSSR count). The third kappa shape index (κ3) is 4.18. The van der Waals surface area contributed by atoms with Crippen LogP contribution in [0, 0.1) is 0 Å². The Morgan fingerprint density at radius 3 is 2.47 bits per heavy atom. The first-order valence-electron chi connectivity index (χ1n) is 10.7. The number of ether oxygens (including phenoxy) is 1. The van der Waals surface area contributed by atoms with Gasteiger partial charge in [0, 0.05) is 11.1 Å². The van der Waals surface area contributed by atoms with Crippen LogP contribution in [-0.4, -0.2) is 30.1 Å². The van der Waals surface area contributed by atoms with Crippen LogP contribution in [-0.2, 0) is 4.74 Å². The monoisotopic (exact) mass is 479 g/mol. The maximum Gasteiger partial charge on any atom is 0.368 e. The van der Waals surface area contributed by atoms with E-state index in [2.05, 4.69) is 25.5 Å². The van der Waals surface area contributed by atoms with Gasteiger partial charge in [0.2, 0.25) is 0 Å². The lowest BCUT2D eigenvalue weighted by atomic mass is 10.0. The van der Waals surface area contributed by atoms with Gasteiger partial charge in [-0.15, -0.1) is 10.2 Å². The van der Waals surface area contributed by atoms with E-state index < -0.39 is 17.9 Å². The Labute approximate surface area is 203 Å². The molecular weight excluding hydrogens is 462 g/mol. The van der Waals surface area contributed by atoms with Crippen molar-refractivity contribution in [3.63, 3.8) is 0 Å². The number of esters is 1. The van der Waals surface area contributed by atoms with Crippen LogP contribution in [0.3, 0.4) is 0 Å². The summed E-state index contributed by atoms with van der Waals surface area (Å²) in [4.78, 5) is 44.1. The van der Waals surface area contributed by atoms with Crippen LogP contribution < -0.4 is 16.0 Å². The Balaban J connectivity index is 1.56. The van der Waals surface area contributed by atoms with Crippen LogP contribution in [0.2, 0.25) is 0 Å². The minimum absolute atomic E-state index is 0.0397. The van der Waals surface area contributed by atoms with Gasteiger partial charge in [-0.25, -0.2) is 9.59 Å². The molecule has 176 valence electrons. The number of phenols is 1. The molecule has 0 aromatic heterocycles. The summed E-state index contributed by atoms with van der Waals surface area (Å²) in [5, 5.41) is 24.1. The molecule has 0 fully saturated rings. The van der Waals surface area contributed by atoms with Gasteiger partial charge in [0.1, 0.15) is 11.4 Å². The quantitative estimate of drug-likeness (QED) is 0.323. The number of rotatable bonds is 5. The number of nitrogens with zero attached hydrogens (tertiary/aromatic N) is 4. The minimum Gasteiger partial charge on any atom is -0.505 e. The summed E-state index contributed by atoms with van der Waals surface area (Å²) < 4.78 is 4.79. The topological polar surface area (TPSA) is 142 Å². The van der Waals surface area contributed by atoms with Gasteiger partial charge >= 0.3 is 12.0 Å². The first-order chi connectivity index (χ1) is 17.4. The van der Waals surface area contributed by atoms with Gasteiger partial charge in [0.25, 0.3) is 5.91 Å². The number of phenolic OH excluding ortho intramolecular Hbond substituents is 1. The zero-order valence-electron chi connectivity index (χ0n) is 18.8. The molecule has 2 N–H and O–H groups in total. The molecular formula is C26H17N5O5. The molecule has 0 unspecified atom stereocenters. The summed E-state index contributed by atoms with van der Waals surface area (Å²) in [5.41, 5.74) is 0.835. The predicted octanol–water partition coefficient (Wildman–Crippen LogP) is 4.37. The van der Waals surface area contributed by atoms with E-state index in [-0.39, 0.29) is 28.3 Å². The van der Waals surface area contributed by atoms with Crippen LogP contribution in [0.1, 0.15) is 20.7 Å². The van der Waals surface area contributed by atoms with E-state index in [4.69, 9.17) is 4.74 Å². The predicted molar refractivity (Wildman–Crippen MR) is 130 cm³/mol. The molecule has 0 spiro atoms. The number of hydrogen-bond donors (Lipinski definition) is 2. The molecule has 0 atom stereocenters. The van der Waals surface area contributed by atoms with Gasteiger partial charge in [-0.1, -0.05) is 36.4 Å². The van der Waals surface area contributed by atoms with E-state index in [9.17, 15) is 19.5 Å². The number of amides is 3. The van der Waals surface area contributed by atoms with Crippen LogP contribution in [0.4, 0.5) is 21.9 Å². The van der Waals surface area contributed by atoms with Gasteiger partial charge in [0.15, 0.2) is 5.75 Å². The van der Waals surface area contributed by atoms with Crippen molar-refractivity contribution >= 4 is 45.7 Å². The van der Waals surface area contributed by atoms with E-state index >= 15 is 0 Å². The standard InChI is InChI=1S/C26H17N5O5/c1-36-25(34)17-8-4-5-9-19(17)30-31-22-16-7-3-2-6-14(16)12-18(23(22)32)24(33)27-15-10-11-20-21(13-15)29-26(35)28-20/h2-13,32H,1H3,(H,27,33). The number of anilines is 1. The third-order valence-corrected chi connectivity index (χ3v) is 5.47. The average molecular weight is 479 g/mol. The van der Waals surface area contributed by atoms with Gasteiger partial charge in [-0.2, -0.15) is 9.98 Å². The van der Waals surface area contributed by atoms with E-state index in [0.717, 1.165) is 0 Å². The number of methoxy groups -OCH3 is 1. The highest BCUT2D eigenvalue weighted by molar-refractivity contribution is 6.11. The van der Waals surface area contributed by atoms with Gasteiger partial charge < -0.3 is 15.2 Å². The summed E-state index contributed by atoms with van der Waals surface area (Å²) in [6.45, 7) is 0. The van der Waals surface area contributed by atoms with Gasteiger partial charge in [-0.05, 0) is 41.8 Å².